The van der Waals surface area contributed by atoms with Gasteiger partial charge >= 0.3 is 29.8 Å². The molecule has 1 N–H and O–H groups in total. The molecule has 0 saturated carbocycles. The van der Waals surface area contributed by atoms with Crippen molar-refractivity contribution >= 4 is 29.8 Å². The Bertz CT molecular complexity index is 881. The van der Waals surface area contributed by atoms with Crippen molar-refractivity contribution < 1.29 is 38.6 Å². The molecule has 1 aromatic rings. The zero-order chi connectivity index (χ0) is 19.1. The molecule has 4 rings (SSSR count). The van der Waals surface area contributed by atoms with Crippen LogP contribution in [0.3, 0.4) is 0 Å². The first-order valence-electron chi connectivity index (χ1n) is 7.81. The Morgan fingerprint density at radius 3 is 2.46 bits per heavy atom. The van der Waals surface area contributed by atoms with Crippen molar-refractivity contribution in [1.29, 1.82) is 0 Å². The van der Waals surface area contributed by atoms with Gasteiger partial charge in [0.2, 0.25) is 0 Å². The lowest BCUT2D eigenvalue weighted by molar-refractivity contribution is -0.154. The Labute approximate surface area is 147 Å². The Kier molecular flexibility index (Phi) is 4.19. The average Bonchev–Trinajstić information content (AvgIpc) is 3.01. The molecule has 2 unspecified atom stereocenters. The van der Waals surface area contributed by atoms with E-state index in [0.717, 1.165) is 18.9 Å². The van der Waals surface area contributed by atoms with Crippen molar-refractivity contribution in [1.82, 2.24) is 0 Å². The quantitative estimate of drug-likeness (QED) is 0.457. The van der Waals surface area contributed by atoms with E-state index < -0.39 is 29.3 Å². The maximum atomic E-state index is 11.2. The summed E-state index contributed by atoms with van der Waals surface area (Å²) in [7, 11) is 0. The molecule has 1 saturated heterocycles. The monoisotopic (exact) mass is 358 g/mol. The second kappa shape index (κ2) is 6.21. The minimum absolute atomic E-state index is 0.00917. The topological polar surface area (TPSA) is 124 Å². The smallest absolute Gasteiger partial charge is 0.346 e. The van der Waals surface area contributed by atoms with Gasteiger partial charge < -0.3 is 14.6 Å². The van der Waals surface area contributed by atoms with Crippen LogP contribution in [0.25, 0.3) is 0 Å². The molecule has 8 heteroatoms. The van der Waals surface area contributed by atoms with Crippen LogP contribution in [-0.4, -0.2) is 35.0 Å². The number of carbonyl (C=O) groups excluding carboxylic acids is 4. The van der Waals surface area contributed by atoms with E-state index in [2.05, 4.69) is 9.47 Å². The van der Waals surface area contributed by atoms with Gasteiger partial charge in [0, 0.05) is 0 Å². The van der Waals surface area contributed by atoms with E-state index in [1.165, 1.54) is 12.1 Å². The van der Waals surface area contributed by atoms with E-state index in [0.29, 0.717) is 0 Å². The van der Waals surface area contributed by atoms with Crippen molar-refractivity contribution in [3.63, 3.8) is 0 Å². The molecule has 2 heterocycles. The predicted octanol–water partition coefficient (Wildman–Crippen LogP) is 1.74. The van der Waals surface area contributed by atoms with Crippen molar-refractivity contribution in [2.24, 2.45) is 11.3 Å². The molecule has 8 nitrogen and oxygen atoms in total. The van der Waals surface area contributed by atoms with Crippen LogP contribution < -0.4 is 0 Å². The van der Waals surface area contributed by atoms with Gasteiger partial charge in [0.15, 0.2) is 0 Å². The Morgan fingerprint density at radius 1 is 1.12 bits per heavy atom. The number of cyclic esters (lactones) is 4. The van der Waals surface area contributed by atoms with Gasteiger partial charge in [-0.3, -0.25) is 9.59 Å². The second-order valence-electron chi connectivity index (χ2n) is 6.27. The average molecular weight is 358 g/mol. The molecule has 1 aromatic carbocycles. The van der Waals surface area contributed by atoms with E-state index >= 15 is 0 Å². The third kappa shape index (κ3) is 2.79. The molecule has 0 spiro atoms. The second-order valence-corrected chi connectivity index (χ2v) is 6.27. The number of hydrogen-bond acceptors (Lipinski definition) is 7. The standard InChI is InChI=1S/C9H4O5.C9H10O3/c10-7(11)4-1-2-5-6(3-4)9(13)14-8(5)12;1-9-5-3-2-4-6(9)7(10)12-8(9)11/h1-3H,(H,10,11);3,5-6H,2,4H2,1H3. The van der Waals surface area contributed by atoms with E-state index in [1.807, 2.05) is 6.08 Å². The van der Waals surface area contributed by atoms with Crippen molar-refractivity contribution in [3.05, 3.63) is 47.0 Å². The van der Waals surface area contributed by atoms with Crippen LogP contribution in [0.15, 0.2) is 30.4 Å². The normalized spacial score (nSPS) is 25.7. The van der Waals surface area contributed by atoms with E-state index in [1.54, 1.807) is 13.0 Å². The summed E-state index contributed by atoms with van der Waals surface area (Å²) in [5.41, 5.74) is -0.597. The largest absolute Gasteiger partial charge is 0.478 e. The summed E-state index contributed by atoms with van der Waals surface area (Å²) in [6, 6.07) is 3.65. The van der Waals surface area contributed by atoms with Gasteiger partial charge in [-0.15, -0.1) is 0 Å². The fraction of sp³-hybridized carbons (Fsp3) is 0.278. The maximum Gasteiger partial charge on any atom is 0.346 e. The Hall–Kier alpha value is -3.29. The third-order valence-corrected chi connectivity index (χ3v) is 4.62. The number of carboxylic acid groups (broad SMARTS) is 1. The zero-order valence-corrected chi connectivity index (χ0v) is 13.7. The van der Waals surface area contributed by atoms with Gasteiger partial charge in [-0.05, 0) is 38.0 Å². The van der Waals surface area contributed by atoms with Crippen LogP contribution >= 0.6 is 0 Å². The van der Waals surface area contributed by atoms with Gasteiger partial charge in [-0.2, -0.15) is 0 Å². The first kappa shape index (κ1) is 17.5. The number of benzene rings is 1. The zero-order valence-electron chi connectivity index (χ0n) is 13.7. The van der Waals surface area contributed by atoms with Crippen LogP contribution in [0.5, 0.6) is 0 Å². The summed E-state index contributed by atoms with van der Waals surface area (Å²) in [5, 5.41) is 8.63. The first-order chi connectivity index (χ1) is 12.2. The van der Waals surface area contributed by atoms with Crippen LogP contribution in [-0.2, 0) is 19.1 Å². The molecular formula is C18H14O8. The number of allylic oxidation sites excluding steroid dienone is 1. The van der Waals surface area contributed by atoms with Crippen molar-refractivity contribution in [3.8, 4) is 0 Å². The molecular weight excluding hydrogens is 344 g/mol. The van der Waals surface area contributed by atoms with Crippen LogP contribution in [0.2, 0.25) is 0 Å². The van der Waals surface area contributed by atoms with Gasteiger partial charge in [-0.25, -0.2) is 14.4 Å². The van der Waals surface area contributed by atoms with E-state index in [4.69, 9.17) is 5.11 Å². The van der Waals surface area contributed by atoms with E-state index in [-0.39, 0.29) is 28.6 Å². The highest BCUT2D eigenvalue weighted by molar-refractivity contribution is 6.15. The van der Waals surface area contributed by atoms with Gasteiger partial charge in [0.25, 0.3) is 0 Å². The molecule has 134 valence electrons. The highest BCUT2D eigenvalue weighted by Crippen LogP contribution is 2.43. The third-order valence-electron chi connectivity index (χ3n) is 4.62. The summed E-state index contributed by atoms with van der Waals surface area (Å²) in [6.07, 6.45) is 5.34. The summed E-state index contributed by atoms with van der Waals surface area (Å²) >= 11 is 0. The summed E-state index contributed by atoms with van der Waals surface area (Å²) < 4.78 is 8.88. The lowest BCUT2D eigenvalue weighted by Crippen LogP contribution is -2.30. The minimum atomic E-state index is -1.15. The minimum Gasteiger partial charge on any atom is -0.478 e. The summed E-state index contributed by atoms with van der Waals surface area (Å²) in [4.78, 5) is 54.9. The highest BCUT2D eigenvalue weighted by Gasteiger charge is 2.53. The Morgan fingerprint density at radius 2 is 1.81 bits per heavy atom. The maximum absolute atomic E-state index is 11.2. The number of carboxylic acids is 1. The van der Waals surface area contributed by atoms with E-state index in [9.17, 15) is 24.0 Å². The molecule has 0 amide bonds. The fourth-order valence-corrected chi connectivity index (χ4v) is 3.07. The highest BCUT2D eigenvalue weighted by atomic mass is 16.6. The lowest BCUT2D eigenvalue weighted by Gasteiger charge is -2.24. The van der Waals surface area contributed by atoms with Gasteiger partial charge in [0.1, 0.15) is 0 Å². The molecule has 1 aliphatic carbocycles. The number of hydrogen-bond donors (Lipinski definition) is 1. The van der Waals surface area contributed by atoms with Crippen LogP contribution in [0.1, 0.15) is 50.8 Å². The molecule has 0 aromatic heterocycles. The van der Waals surface area contributed by atoms with Gasteiger partial charge in [0.05, 0.1) is 28.0 Å². The molecule has 26 heavy (non-hydrogen) atoms. The fourth-order valence-electron chi connectivity index (χ4n) is 3.07. The number of esters is 4. The number of ether oxygens (including phenoxy) is 2. The van der Waals surface area contributed by atoms with Crippen LogP contribution in [0, 0.1) is 11.3 Å². The molecule has 2 aliphatic heterocycles. The van der Waals surface area contributed by atoms with Crippen molar-refractivity contribution in [2.45, 2.75) is 19.8 Å². The SMILES string of the molecule is CC12C=CCCC1C(=O)OC2=O.O=C(O)c1ccc2c(c1)C(=O)OC2=O. The molecule has 1 fully saturated rings. The molecule has 3 aliphatic rings. The molecule has 0 bridgehead atoms. The molecule has 2 atom stereocenters. The number of rotatable bonds is 1. The Balaban J connectivity index is 0.000000152. The first-order valence-corrected chi connectivity index (χ1v) is 7.81. The van der Waals surface area contributed by atoms with Gasteiger partial charge in [-0.1, -0.05) is 12.2 Å². The van der Waals surface area contributed by atoms with Crippen LogP contribution in [0.4, 0.5) is 0 Å². The van der Waals surface area contributed by atoms with Crippen molar-refractivity contribution in [2.75, 3.05) is 0 Å². The number of carbonyl (C=O) groups is 5. The predicted molar refractivity (Wildman–Crippen MR) is 84.2 cm³/mol. The number of aromatic carboxylic acids is 1. The summed E-state index contributed by atoms with van der Waals surface area (Å²) in [6.45, 7) is 1.76. The number of fused-ring (bicyclic) bond motifs is 2. The lowest BCUT2D eigenvalue weighted by atomic mass is 9.73. The molecule has 0 radical (unpaired) electrons. The summed E-state index contributed by atoms with van der Waals surface area (Å²) in [5.74, 6) is -3.68.